The summed E-state index contributed by atoms with van der Waals surface area (Å²) in [6, 6.07) is 59.9. The molecule has 5 heteroatoms. The summed E-state index contributed by atoms with van der Waals surface area (Å²) in [7, 11) is 0. The number of fused-ring (bicyclic) bond motifs is 4. The van der Waals surface area contributed by atoms with Gasteiger partial charge in [0.1, 0.15) is 16.7 Å². The molecule has 0 amide bonds. The van der Waals surface area contributed by atoms with Crippen molar-refractivity contribution in [1.29, 1.82) is 0 Å². The number of furan rings is 1. The van der Waals surface area contributed by atoms with Crippen LogP contribution < -0.4 is 0 Å². The fourth-order valence-corrected chi connectivity index (χ4v) is 7.01. The minimum atomic E-state index is 0.524. The van der Waals surface area contributed by atoms with Crippen LogP contribution in [0.5, 0.6) is 0 Å². The molecule has 0 aliphatic rings. The summed E-state index contributed by atoms with van der Waals surface area (Å²) in [6.07, 6.45) is 0. The van der Waals surface area contributed by atoms with Crippen LogP contribution in [0.1, 0.15) is 0 Å². The third-order valence-electron chi connectivity index (χ3n) is 9.56. The van der Waals surface area contributed by atoms with E-state index in [2.05, 4.69) is 115 Å². The van der Waals surface area contributed by atoms with Gasteiger partial charge in [-0.3, -0.25) is 0 Å². The Hall–Kier alpha value is -7.11. The van der Waals surface area contributed by atoms with E-state index in [0.717, 1.165) is 83.4 Å². The molecule has 52 heavy (non-hydrogen) atoms. The van der Waals surface area contributed by atoms with Crippen molar-refractivity contribution in [2.75, 3.05) is 0 Å². The van der Waals surface area contributed by atoms with E-state index in [4.69, 9.17) is 23.8 Å². The van der Waals surface area contributed by atoms with E-state index in [-0.39, 0.29) is 0 Å². The molecule has 0 spiro atoms. The average molecular weight is 668 g/mol. The fraction of sp³-hybridized carbons (Fsp3) is 0. The molecule has 0 saturated carbocycles. The van der Waals surface area contributed by atoms with Gasteiger partial charge in [-0.05, 0) is 58.7 Å². The molecular formula is C47H29N3O2. The van der Waals surface area contributed by atoms with E-state index >= 15 is 0 Å². The Kier molecular flexibility index (Phi) is 7.07. The molecule has 7 aromatic carbocycles. The highest BCUT2D eigenvalue weighted by Gasteiger charge is 2.20. The maximum atomic E-state index is 6.60. The predicted molar refractivity (Wildman–Crippen MR) is 209 cm³/mol. The first-order valence-corrected chi connectivity index (χ1v) is 17.3. The van der Waals surface area contributed by atoms with Crippen molar-refractivity contribution < 1.29 is 8.83 Å². The van der Waals surface area contributed by atoms with Gasteiger partial charge in [-0.15, -0.1) is 0 Å². The summed E-state index contributed by atoms with van der Waals surface area (Å²) >= 11 is 0. The van der Waals surface area contributed by atoms with Crippen LogP contribution in [-0.4, -0.2) is 15.0 Å². The number of hydrogen-bond donors (Lipinski definition) is 0. The number of aromatic nitrogens is 3. The van der Waals surface area contributed by atoms with E-state index < -0.39 is 0 Å². The third kappa shape index (κ3) is 5.24. The van der Waals surface area contributed by atoms with Crippen LogP contribution in [0.4, 0.5) is 0 Å². The molecule has 0 aliphatic carbocycles. The van der Waals surface area contributed by atoms with Crippen LogP contribution in [0.25, 0.3) is 101 Å². The largest absolute Gasteiger partial charge is 0.455 e. The maximum Gasteiger partial charge on any atom is 0.231 e. The van der Waals surface area contributed by atoms with E-state index in [9.17, 15) is 0 Å². The first kappa shape index (κ1) is 29.8. The van der Waals surface area contributed by atoms with Gasteiger partial charge in [-0.2, -0.15) is 0 Å². The Balaban J connectivity index is 1.16. The monoisotopic (exact) mass is 667 g/mol. The zero-order chi connectivity index (χ0) is 34.4. The zero-order valence-corrected chi connectivity index (χ0v) is 27.9. The fourth-order valence-electron chi connectivity index (χ4n) is 7.01. The minimum Gasteiger partial charge on any atom is -0.455 e. The Bertz CT molecular complexity index is 2860. The van der Waals surface area contributed by atoms with E-state index in [0.29, 0.717) is 11.7 Å². The van der Waals surface area contributed by atoms with E-state index in [1.165, 1.54) is 5.56 Å². The van der Waals surface area contributed by atoms with Gasteiger partial charge in [0, 0.05) is 27.5 Å². The first-order chi connectivity index (χ1) is 25.7. The highest BCUT2D eigenvalue weighted by atomic mass is 16.4. The van der Waals surface area contributed by atoms with Gasteiger partial charge < -0.3 is 8.83 Å². The lowest BCUT2D eigenvalue weighted by Crippen LogP contribution is -1.96. The van der Waals surface area contributed by atoms with Gasteiger partial charge >= 0.3 is 0 Å². The molecule has 0 aliphatic heterocycles. The van der Waals surface area contributed by atoms with Crippen molar-refractivity contribution in [2.24, 2.45) is 0 Å². The Labute approximate surface area is 299 Å². The van der Waals surface area contributed by atoms with E-state index in [1.807, 2.05) is 60.7 Å². The van der Waals surface area contributed by atoms with Crippen molar-refractivity contribution >= 4 is 33.0 Å². The molecule has 0 bridgehead atoms. The van der Waals surface area contributed by atoms with Gasteiger partial charge in [0.25, 0.3) is 0 Å². The second-order valence-electron chi connectivity index (χ2n) is 12.8. The summed E-state index contributed by atoms with van der Waals surface area (Å²) < 4.78 is 12.8. The standard InChI is InChI=1S/C47H29N3O2/c1-3-12-30(13-4-1)32-24-26-33(27-25-32)40-29-41(49-46(48-40)35-17-9-16-34(28-35)31-14-5-2-6-15-31)36-18-11-23-43-44(36)37-19-10-20-38(45(37)51-43)47-50-39-21-7-8-22-42(39)52-47/h1-29H. The Morgan fingerprint density at radius 1 is 0.365 bits per heavy atom. The van der Waals surface area contributed by atoms with E-state index in [1.54, 1.807) is 0 Å². The van der Waals surface area contributed by atoms with Crippen molar-refractivity contribution in [2.45, 2.75) is 0 Å². The molecule has 0 atom stereocenters. The minimum absolute atomic E-state index is 0.524. The molecule has 3 heterocycles. The quantitative estimate of drug-likeness (QED) is 0.177. The Morgan fingerprint density at radius 2 is 0.962 bits per heavy atom. The topological polar surface area (TPSA) is 65.0 Å². The Morgan fingerprint density at radius 3 is 1.77 bits per heavy atom. The zero-order valence-electron chi connectivity index (χ0n) is 27.9. The summed E-state index contributed by atoms with van der Waals surface area (Å²) in [5.41, 5.74) is 12.9. The molecule has 5 nitrogen and oxygen atoms in total. The molecule has 0 N–H and O–H groups in total. The summed E-state index contributed by atoms with van der Waals surface area (Å²) in [4.78, 5) is 15.2. The van der Waals surface area contributed by atoms with Gasteiger partial charge in [0.2, 0.25) is 5.89 Å². The van der Waals surface area contributed by atoms with Crippen LogP contribution in [0.2, 0.25) is 0 Å². The molecule has 0 saturated heterocycles. The predicted octanol–water partition coefficient (Wildman–Crippen LogP) is 12.5. The number of oxazole rings is 1. The molecule has 0 radical (unpaired) electrons. The van der Waals surface area contributed by atoms with Crippen molar-refractivity contribution in [3.05, 3.63) is 176 Å². The number of hydrogen-bond acceptors (Lipinski definition) is 5. The molecule has 3 aromatic heterocycles. The van der Waals surface area contributed by atoms with Crippen LogP contribution in [0, 0.1) is 0 Å². The van der Waals surface area contributed by atoms with Gasteiger partial charge in [-0.25, -0.2) is 15.0 Å². The lowest BCUT2D eigenvalue weighted by molar-refractivity contribution is 0.615. The maximum absolute atomic E-state index is 6.60. The summed E-state index contributed by atoms with van der Waals surface area (Å²) in [5, 5.41) is 1.94. The average Bonchev–Trinajstić information content (AvgIpc) is 3.84. The van der Waals surface area contributed by atoms with Crippen LogP contribution in [0.3, 0.4) is 0 Å². The molecule has 0 fully saturated rings. The molecular weight excluding hydrogens is 639 g/mol. The van der Waals surface area contributed by atoms with Gasteiger partial charge in [0.05, 0.1) is 17.0 Å². The SMILES string of the molecule is c1ccc(-c2ccc(-c3cc(-c4cccc5oc6c(-c7nc8ccccc8o7)cccc6c45)nc(-c4cccc(-c5ccccc5)c4)n3)cc2)cc1. The summed E-state index contributed by atoms with van der Waals surface area (Å²) in [6.45, 7) is 0. The highest BCUT2D eigenvalue weighted by molar-refractivity contribution is 6.15. The number of nitrogens with zero attached hydrogens (tertiary/aromatic N) is 3. The second kappa shape index (κ2) is 12.3. The second-order valence-corrected chi connectivity index (χ2v) is 12.8. The van der Waals surface area contributed by atoms with Crippen molar-refractivity contribution in [3.8, 4) is 67.6 Å². The normalized spacial score (nSPS) is 11.5. The third-order valence-corrected chi connectivity index (χ3v) is 9.56. The lowest BCUT2D eigenvalue weighted by Gasteiger charge is -2.12. The first-order valence-electron chi connectivity index (χ1n) is 17.3. The van der Waals surface area contributed by atoms with Gasteiger partial charge in [0.15, 0.2) is 11.4 Å². The molecule has 10 aromatic rings. The smallest absolute Gasteiger partial charge is 0.231 e. The molecule has 0 unspecified atom stereocenters. The summed E-state index contributed by atoms with van der Waals surface area (Å²) in [5.74, 6) is 1.17. The number of rotatable bonds is 6. The number of benzene rings is 7. The highest BCUT2D eigenvalue weighted by Crippen LogP contribution is 2.41. The lowest BCUT2D eigenvalue weighted by atomic mass is 9.99. The van der Waals surface area contributed by atoms with Crippen LogP contribution in [0.15, 0.2) is 185 Å². The van der Waals surface area contributed by atoms with Crippen molar-refractivity contribution in [1.82, 2.24) is 15.0 Å². The molecule has 244 valence electrons. The van der Waals surface area contributed by atoms with Crippen molar-refractivity contribution in [3.63, 3.8) is 0 Å². The van der Waals surface area contributed by atoms with Gasteiger partial charge in [-0.1, -0.05) is 140 Å². The molecule has 10 rings (SSSR count). The van der Waals surface area contributed by atoms with Crippen LogP contribution >= 0.6 is 0 Å². The number of para-hydroxylation sites is 3. The van der Waals surface area contributed by atoms with Crippen LogP contribution in [-0.2, 0) is 0 Å².